The summed E-state index contributed by atoms with van der Waals surface area (Å²) in [5, 5.41) is 1.92. The summed E-state index contributed by atoms with van der Waals surface area (Å²) in [6.45, 7) is 8.20. The molecule has 10 heteroatoms. The van der Waals surface area contributed by atoms with Gasteiger partial charge in [0.25, 0.3) is 13.9 Å². The molecule has 1 N–H and O–H groups in total. The summed E-state index contributed by atoms with van der Waals surface area (Å²) in [6, 6.07) is 21.7. The normalized spacial score (nSPS) is 24.4. The number of ether oxygens (including phenoxy) is 3. The second-order valence-electron chi connectivity index (χ2n) is 11.2. The first-order valence-electron chi connectivity index (χ1n) is 13.3. The smallest absolute Gasteiger partial charge is 0.330 e. The van der Waals surface area contributed by atoms with Crippen LogP contribution in [0.3, 0.4) is 0 Å². The Bertz CT molecular complexity index is 1460. The highest BCUT2D eigenvalue weighted by atomic mass is 28.4. The number of fused-ring (bicyclic) bond motifs is 1. The van der Waals surface area contributed by atoms with Crippen LogP contribution in [0.1, 0.15) is 33.9 Å². The summed E-state index contributed by atoms with van der Waals surface area (Å²) in [5.41, 5.74) is -2.40. The van der Waals surface area contributed by atoms with Crippen LogP contribution in [-0.2, 0) is 23.4 Å². The van der Waals surface area contributed by atoms with Gasteiger partial charge in [0.2, 0.25) is 0 Å². The molecule has 2 aliphatic heterocycles. The molecule has 1 aromatic heterocycles. The van der Waals surface area contributed by atoms with E-state index in [1.54, 1.807) is 0 Å². The molecule has 0 bridgehead atoms. The van der Waals surface area contributed by atoms with Gasteiger partial charge in [-0.25, -0.2) is 4.79 Å². The summed E-state index contributed by atoms with van der Waals surface area (Å²) >= 11 is 0. The van der Waals surface area contributed by atoms with E-state index >= 15 is 0 Å². The number of nitrogens with one attached hydrogen (secondary N) is 1. The second kappa shape index (κ2) is 10.8. The van der Waals surface area contributed by atoms with E-state index in [9.17, 15) is 14.4 Å². The first kappa shape index (κ1) is 28.0. The second-order valence-corrected chi connectivity index (χ2v) is 15.5. The molecule has 0 amide bonds. The lowest BCUT2D eigenvalue weighted by Crippen LogP contribution is -2.68. The van der Waals surface area contributed by atoms with Gasteiger partial charge < -0.3 is 18.6 Å². The fourth-order valence-corrected chi connectivity index (χ4v) is 10.5. The van der Waals surface area contributed by atoms with Crippen molar-refractivity contribution in [2.24, 2.45) is 0 Å². The number of hydrogen-bond donors (Lipinski definition) is 1. The minimum absolute atomic E-state index is 0.0772. The zero-order valence-corrected chi connectivity index (χ0v) is 24.0. The number of nitrogens with zero attached hydrogens (tertiary/aromatic N) is 1. The average Bonchev–Trinajstić information content (AvgIpc) is 3.23. The van der Waals surface area contributed by atoms with Gasteiger partial charge in [0.05, 0.1) is 13.2 Å². The Morgan fingerprint density at radius 2 is 1.68 bits per heavy atom. The van der Waals surface area contributed by atoms with Crippen LogP contribution in [0, 0.1) is 0 Å². The maximum Gasteiger partial charge on any atom is 0.330 e. The Hall–Kier alpha value is -3.57. The lowest BCUT2D eigenvalue weighted by Gasteiger charge is -2.45. The molecule has 2 aromatic carbocycles. The highest BCUT2D eigenvalue weighted by molar-refractivity contribution is 6.99. The summed E-state index contributed by atoms with van der Waals surface area (Å²) < 4.78 is 26.9. The number of esters is 1. The van der Waals surface area contributed by atoms with Gasteiger partial charge in [-0.15, -0.1) is 0 Å². The standard InChI is InChI=1S/C30H34N2O7Si/c1-21(33)38-25-26-30(17-11-19-36-26,39-27(25)32-18-16-24(34)31-28(32)35)20-37-40(29(2,3)4,22-12-7-5-8-13-22)23-14-9-6-10-15-23/h5-18,25-27H,19-20H2,1-4H3,(H,31,34,35)/t25-,26+,27-,30-/m1/s1. The van der Waals surface area contributed by atoms with Crippen LogP contribution < -0.4 is 21.6 Å². The third-order valence-electron chi connectivity index (χ3n) is 7.53. The summed E-state index contributed by atoms with van der Waals surface area (Å²) in [5.74, 6) is -0.544. The molecule has 0 radical (unpaired) electrons. The minimum Gasteiger partial charge on any atom is -0.455 e. The Kier molecular flexibility index (Phi) is 7.53. The van der Waals surface area contributed by atoms with E-state index in [0.29, 0.717) is 0 Å². The van der Waals surface area contributed by atoms with Crippen molar-refractivity contribution in [3.63, 3.8) is 0 Å². The minimum atomic E-state index is -2.97. The Balaban J connectivity index is 1.61. The van der Waals surface area contributed by atoms with Gasteiger partial charge in [-0.2, -0.15) is 0 Å². The number of aromatic nitrogens is 2. The van der Waals surface area contributed by atoms with Crippen molar-refractivity contribution in [2.45, 2.75) is 56.8 Å². The van der Waals surface area contributed by atoms with Crippen LogP contribution >= 0.6 is 0 Å². The number of benzene rings is 2. The third-order valence-corrected chi connectivity index (χ3v) is 12.5. The summed E-state index contributed by atoms with van der Waals surface area (Å²) in [6.07, 6.45) is 2.28. The van der Waals surface area contributed by atoms with Gasteiger partial charge >= 0.3 is 11.7 Å². The highest BCUT2D eigenvalue weighted by Crippen LogP contribution is 2.45. The predicted octanol–water partition coefficient (Wildman–Crippen LogP) is 2.27. The van der Waals surface area contributed by atoms with E-state index in [1.165, 1.54) is 23.8 Å². The van der Waals surface area contributed by atoms with Crippen LogP contribution in [0.15, 0.2) is 94.7 Å². The van der Waals surface area contributed by atoms with Crippen molar-refractivity contribution in [1.82, 2.24) is 9.55 Å². The first-order valence-corrected chi connectivity index (χ1v) is 15.2. The van der Waals surface area contributed by atoms with Crippen LogP contribution in [-0.4, -0.2) is 54.9 Å². The molecule has 3 aromatic rings. The number of H-pyrrole nitrogens is 1. The molecule has 4 atom stereocenters. The number of carbonyl (C=O) groups is 1. The zero-order valence-electron chi connectivity index (χ0n) is 23.0. The maximum atomic E-state index is 12.8. The lowest BCUT2D eigenvalue weighted by atomic mass is 9.93. The molecular formula is C30H34N2O7Si. The van der Waals surface area contributed by atoms with Crippen molar-refractivity contribution in [1.29, 1.82) is 0 Å². The van der Waals surface area contributed by atoms with Gasteiger partial charge in [-0.3, -0.25) is 19.1 Å². The van der Waals surface area contributed by atoms with Crippen LogP contribution in [0.5, 0.6) is 0 Å². The molecule has 210 valence electrons. The molecule has 9 nitrogen and oxygen atoms in total. The molecule has 40 heavy (non-hydrogen) atoms. The largest absolute Gasteiger partial charge is 0.455 e. The van der Waals surface area contributed by atoms with Gasteiger partial charge in [-0.05, 0) is 21.5 Å². The monoisotopic (exact) mass is 562 g/mol. The third kappa shape index (κ3) is 4.92. The van der Waals surface area contributed by atoms with Gasteiger partial charge in [0.15, 0.2) is 12.3 Å². The molecular weight excluding hydrogens is 528 g/mol. The van der Waals surface area contributed by atoms with E-state index in [0.717, 1.165) is 10.4 Å². The van der Waals surface area contributed by atoms with Gasteiger partial charge in [-0.1, -0.05) is 87.5 Å². The van der Waals surface area contributed by atoms with Crippen molar-refractivity contribution in [2.75, 3.05) is 13.2 Å². The Labute approximate surface area is 233 Å². The van der Waals surface area contributed by atoms with E-state index in [4.69, 9.17) is 18.6 Å². The van der Waals surface area contributed by atoms with Crippen LogP contribution in [0.4, 0.5) is 0 Å². The molecule has 0 saturated carbocycles. The molecule has 2 aliphatic rings. The Morgan fingerprint density at radius 3 is 2.23 bits per heavy atom. The van der Waals surface area contributed by atoms with E-state index in [2.05, 4.69) is 50.0 Å². The molecule has 1 fully saturated rings. The molecule has 5 rings (SSSR count). The van der Waals surface area contributed by atoms with Crippen molar-refractivity contribution >= 4 is 24.7 Å². The average molecular weight is 563 g/mol. The van der Waals surface area contributed by atoms with Crippen LogP contribution in [0.2, 0.25) is 5.04 Å². The molecule has 1 saturated heterocycles. The molecule has 0 aliphatic carbocycles. The predicted molar refractivity (Wildman–Crippen MR) is 152 cm³/mol. The highest BCUT2D eigenvalue weighted by Gasteiger charge is 2.60. The Morgan fingerprint density at radius 1 is 1.05 bits per heavy atom. The molecule has 3 heterocycles. The lowest BCUT2D eigenvalue weighted by molar-refractivity contribution is -0.157. The van der Waals surface area contributed by atoms with Gasteiger partial charge in [0, 0.05) is 19.2 Å². The maximum absolute atomic E-state index is 12.8. The van der Waals surface area contributed by atoms with E-state index in [-0.39, 0.29) is 18.3 Å². The van der Waals surface area contributed by atoms with Crippen molar-refractivity contribution in [3.05, 3.63) is 106 Å². The number of rotatable bonds is 7. The number of carbonyl (C=O) groups excluding carboxylic acids is 1. The quantitative estimate of drug-likeness (QED) is 0.267. The molecule has 0 unspecified atom stereocenters. The molecule has 0 spiro atoms. The first-order chi connectivity index (χ1) is 19.1. The zero-order chi connectivity index (χ0) is 28.5. The summed E-state index contributed by atoms with van der Waals surface area (Å²) in [4.78, 5) is 39.0. The number of hydrogen-bond acceptors (Lipinski definition) is 7. The SMILES string of the molecule is CC(=O)O[C@H]1[C@H](n2ccc(=O)[nH]c2=O)O[C@@]2(CO[Si](c3ccccc3)(c3ccccc3)C(C)(C)C)C=CCO[C@@H]12. The number of aromatic amines is 1. The fraction of sp³-hybridized carbons (Fsp3) is 0.367. The van der Waals surface area contributed by atoms with Crippen molar-refractivity contribution in [3.8, 4) is 0 Å². The van der Waals surface area contributed by atoms with E-state index in [1.807, 2.05) is 48.6 Å². The van der Waals surface area contributed by atoms with E-state index < -0.39 is 49.6 Å². The summed E-state index contributed by atoms with van der Waals surface area (Å²) in [7, 11) is -2.97. The van der Waals surface area contributed by atoms with Crippen LogP contribution in [0.25, 0.3) is 0 Å². The topological polar surface area (TPSA) is 109 Å². The van der Waals surface area contributed by atoms with Gasteiger partial charge in [0.1, 0.15) is 11.7 Å². The van der Waals surface area contributed by atoms with Crippen molar-refractivity contribution < 1.29 is 23.4 Å². The fourth-order valence-electron chi connectivity index (χ4n) is 5.86.